The molecule has 0 saturated heterocycles. The molecular formula is C58H37NOS. The van der Waals surface area contributed by atoms with E-state index in [1.807, 2.05) is 23.5 Å². The first-order chi connectivity index (χ1) is 30.2. The molecular weight excluding hydrogens is 759 g/mol. The lowest BCUT2D eigenvalue weighted by Crippen LogP contribution is -2.11. The average Bonchev–Trinajstić information content (AvgIpc) is 3.90. The highest BCUT2D eigenvalue weighted by Crippen LogP contribution is 2.44. The van der Waals surface area contributed by atoms with Gasteiger partial charge in [-0.3, -0.25) is 0 Å². The van der Waals surface area contributed by atoms with Gasteiger partial charge in [-0.2, -0.15) is 0 Å². The standard InChI is InChI=1S/C58H37NOS/c1-2-15-47-40(11-1)12-10-19-48(47)43-14-9-13-41(35-43)38-23-29-45(30-24-38)59(46-31-25-39(26-32-46)42-27-33-51-50-17-4-7-21-55(50)60-56(51)36-42)54-20-6-3-16-49(54)44-28-34-53-52-18-5-8-22-57(52)61-58(53)37-44/h1-37H. The van der Waals surface area contributed by atoms with Crippen LogP contribution >= 0.6 is 11.3 Å². The highest BCUT2D eigenvalue weighted by molar-refractivity contribution is 7.25. The fourth-order valence-electron chi connectivity index (χ4n) is 9.09. The van der Waals surface area contributed by atoms with E-state index in [0.29, 0.717) is 0 Å². The molecule has 2 aromatic heterocycles. The minimum absolute atomic E-state index is 0.900. The predicted molar refractivity (Wildman–Crippen MR) is 261 cm³/mol. The summed E-state index contributed by atoms with van der Waals surface area (Å²) < 4.78 is 8.88. The van der Waals surface area contributed by atoms with Gasteiger partial charge in [-0.15, -0.1) is 11.3 Å². The van der Waals surface area contributed by atoms with Crippen molar-refractivity contribution in [1.29, 1.82) is 0 Å². The van der Waals surface area contributed by atoms with Gasteiger partial charge in [-0.1, -0.05) is 158 Å². The van der Waals surface area contributed by atoms with Gasteiger partial charge < -0.3 is 9.32 Å². The van der Waals surface area contributed by atoms with Crippen molar-refractivity contribution in [3.05, 3.63) is 224 Å². The first kappa shape index (κ1) is 35.2. The highest BCUT2D eigenvalue weighted by Gasteiger charge is 2.19. The maximum atomic E-state index is 6.27. The zero-order valence-electron chi connectivity index (χ0n) is 33.1. The lowest BCUT2D eigenvalue weighted by atomic mass is 9.95. The molecule has 2 heterocycles. The molecule has 0 aliphatic carbocycles. The van der Waals surface area contributed by atoms with Gasteiger partial charge in [-0.05, 0) is 116 Å². The second-order valence-corrected chi connectivity index (χ2v) is 16.8. The summed E-state index contributed by atoms with van der Waals surface area (Å²) >= 11 is 1.86. The zero-order valence-corrected chi connectivity index (χ0v) is 33.9. The molecule has 61 heavy (non-hydrogen) atoms. The van der Waals surface area contributed by atoms with Crippen LogP contribution in [0, 0.1) is 0 Å². The molecule has 0 fully saturated rings. The van der Waals surface area contributed by atoms with Crippen molar-refractivity contribution in [3.8, 4) is 44.5 Å². The lowest BCUT2D eigenvalue weighted by molar-refractivity contribution is 0.669. The number of hydrogen-bond donors (Lipinski definition) is 0. The number of nitrogens with zero attached hydrogens (tertiary/aromatic N) is 1. The van der Waals surface area contributed by atoms with Gasteiger partial charge in [0, 0.05) is 47.9 Å². The second kappa shape index (κ2) is 14.5. The Morgan fingerprint density at radius 2 is 0.852 bits per heavy atom. The fraction of sp³-hybridized carbons (Fsp3) is 0. The summed E-state index contributed by atoms with van der Waals surface area (Å²) in [4.78, 5) is 2.40. The Morgan fingerprint density at radius 1 is 0.311 bits per heavy atom. The Balaban J connectivity index is 0.954. The fourth-order valence-corrected chi connectivity index (χ4v) is 10.2. The predicted octanol–water partition coefficient (Wildman–Crippen LogP) is 17.2. The molecule has 2 nitrogen and oxygen atoms in total. The van der Waals surface area contributed by atoms with Crippen LogP contribution in [0.15, 0.2) is 229 Å². The van der Waals surface area contributed by atoms with Crippen LogP contribution in [0.1, 0.15) is 0 Å². The zero-order chi connectivity index (χ0) is 40.3. The van der Waals surface area contributed by atoms with E-state index in [2.05, 4.69) is 217 Å². The minimum Gasteiger partial charge on any atom is -0.456 e. The van der Waals surface area contributed by atoms with Crippen LogP contribution in [0.25, 0.3) is 97.4 Å². The maximum Gasteiger partial charge on any atom is 0.136 e. The van der Waals surface area contributed by atoms with E-state index in [4.69, 9.17) is 4.42 Å². The molecule has 0 atom stereocenters. The van der Waals surface area contributed by atoms with Gasteiger partial charge in [0.2, 0.25) is 0 Å². The number of furan rings is 1. The SMILES string of the molecule is c1cc(-c2ccc(N(c3ccc(-c4ccc5c(c4)oc4ccccc45)cc3)c3ccccc3-c3ccc4c(c3)sc3ccccc34)cc2)cc(-c2cccc3ccccc23)c1. The van der Waals surface area contributed by atoms with Gasteiger partial charge >= 0.3 is 0 Å². The number of anilines is 3. The molecule has 0 spiro atoms. The smallest absolute Gasteiger partial charge is 0.136 e. The average molecular weight is 796 g/mol. The third kappa shape index (κ3) is 6.18. The van der Waals surface area contributed by atoms with Gasteiger partial charge in [0.15, 0.2) is 0 Å². The summed E-state index contributed by atoms with van der Waals surface area (Å²) in [7, 11) is 0. The Labute approximate surface area is 357 Å². The van der Waals surface area contributed by atoms with Crippen molar-refractivity contribution in [2.24, 2.45) is 0 Å². The number of para-hydroxylation sites is 2. The third-order valence-electron chi connectivity index (χ3n) is 12.1. The molecule has 286 valence electrons. The van der Waals surface area contributed by atoms with Crippen LogP contribution in [-0.4, -0.2) is 0 Å². The van der Waals surface area contributed by atoms with Crippen molar-refractivity contribution in [3.63, 3.8) is 0 Å². The van der Waals surface area contributed by atoms with E-state index in [0.717, 1.165) is 50.1 Å². The topological polar surface area (TPSA) is 16.4 Å². The van der Waals surface area contributed by atoms with Crippen molar-refractivity contribution >= 4 is 81.3 Å². The van der Waals surface area contributed by atoms with E-state index in [1.165, 1.54) is 64.3 Å². The summed E-state index contributed by atoms with van der Waals surface area (Å²) in [5, 5.41) is 7.40. The monoisotopic (exact) mass is 795 g/mol. The highest BCUT2D eigenvalue weighted by atomic mass is 32.1. The molecule has 0 saturated carbocycles. The van der Waals surface area contributed by atoms with Gasteiger partial charge in [0.1, 0.15) is 11.2 Å². The number of hydrogen-bond acceptors (Lipinski definition) is 3. The molecule has 0 aliphatic rings. The van der Waals surface area contributed by atoms with E-state index >= 15 is 0 Å². The lowest BCUT2D eigenvalue weighted by Gasteiger charge is -2.28. The third-order valence-corrected chi connectivity index (χ3v) is 13.2. The first-order valence-corrected chi connectivity index (χ1v) is 21.5. The summed E-state index contributed by atoms with van der Waals surface area (Å²) in [5.41, 5.74) is 14.5. The Kier molecular flexibility index (Phi) is 8.39. The summed E-state index contributed by atoms with van der Waals surface area (Å²) in [6, 6.07) is 81.3. The second-order valence-electron chi connectivity index (χ2n) is 15.7. The van der Waals surface area contributed by atoms with Crippen molar-refractivity contribution in [2.75, 3.05) is 4.90 Å². The van der Waals surface area contributed by atoms with Crippen LogP contribution in [0.5, 0.6) is 0 Å². The van der Waals surface area contributed by atoms with Crippen LogP contribution in [-0.2, 0) is 0 Å². The van der Waals surface area contributed by atoms with Crippen LogP contribution < -0.4 is 4.90 Å². The van der Waals surface area contributed by atoms with E-state index < -0.39 is 0 Å². The molecule has 12 aromatic rings. The Hall–Kier alpha value is -7.72. The Morgan fingerprint density at radius 3 is 1.69 bits per heavy atom. The number of benzene rings is 10. The Bertz CT molecular complexity index is 3590. The van der Waals surface area contributed by atoms with Crippen LogP contribution in [0.3, 0.4) is 0 Å². The molecule has 0 unspecified atom stereocenters. The first-order valence-electron chi connectivity index (χ1n) is 20.7. The van der Waals surface area contributed by atoms with E-state index in [-0.39, 0.29) is 0 Å². The molecule has 3 heteroatoms. The summed E-state index contributed by atoms with van der Waals surface area (Å²) in [6.07, 6.45) is 0. The quantitative estimate of drug-likeness (QED) is 0.160. The number of rotatable bonds is 7. The molecule has 0 aliphatic heterocycles. The minimum atomic E-state index is 0.900. The molecule has 10 aromatic carbocycles. The molecule has 12 rings (SSSR count). The normalized spacial score (nSPS) is 11.6. The number of fused-ring (bicyclic) bond motifs is 7. The van der Waals surface area contributed by atoms with Gasteiger partial charge in [0.25, 0.3) is 0 Å². The van der Waals surface area contributed by atoms with E-state index in [9.17, 15) is 0 Å². The van der Waals surface area contributed by atoms with Crippen molar-refractivity contribution < 1.29 is 4.42 Å². The molecule has 0 radical (unpaired) electrons. The summed E-state index contributed by atoms with van der Waals surface area (Å²) in [5.74, 6) is 0. The molecule has 0 bridgehead atoms. The largest absolute Gasteiger partial charge is 0.456 e. The molecule has 0 N–H and O–H groups in total. The number of thiophene rings is 1. The van der Waals surface area contributed by atoms with Crippen LogP contribution in [0.2, 0.25) is 0 Å². The molecule has 0 amide bonds. The summed E-state index contributed by atoms with van der Waals surface area (Å²) in [6.45, 7) is 0. The maximum absolute atomic E-state index is 6.27. The van der Waals surface area contributed by atoms with Crippen molar-refractivity contribution in [1.82, 2.24) is 0 Å². The van der Waals surface area contributed by atoms with Gasteiger partial charge in [0.05, 0.1) is 5.69 Å². The van der Waals surface area contributed by atoms with E-state index in [1.54, 1.807) is 0 Å². The van der Waals surface area contributed by atoms with Crippen molar-refractivity contribution in [2.45, 2.75) is 0 Å². The van der Waals surface area contributed by atoms with Gasteiger partial charge in [-0.25, -0.2) is 0 Å². The van der Waals surface area contributed by atoms with Crippen LogP contribution in [0.4, 0.5) is 17.1 Å².